The summed E-state index contributed by atoms with van der Waals surface area (Å²) >= 11 is 7.93. The normalized spacial score (nSPS) is 21.0. The third kappa shape index (κ3) is 4.40. The fourth-order valence-corrected chi connectivity index (χ4v) is 5.90. The lowest BCUT2D eigenvalue weighted by atomic mass is 10.1. The van der Waals surface area contributed by atoms with Crippen LogP contribution in [0.15, 0.2) is 29.2 Å². The van der Waals surface area contributed by atoms with E-state index in [0.29, 0.717) is 11.6 Å². The molecular weight excluding hydrogens is 338 g/mol. The van der Waals surface area contributed by atoms with Crippen molar-refractivity contribution in [2.75, 3.05) is 12.3 Å². The number of hydrogen-bond donors (Lipinski definition) is 0. The molecule has 1 aromatic rings. The van der Waals surface area contributed by atoms with E-state index in [-0.39, 0.29) is 15.7 Å². The SMILES string of the molecule is CC(C)(C)SC[C@H]1CCCCN1S(=O)(=O)c1ccccc1Cl. The first-order chi connectivity index (χ1) is 10.2. The van der Waals surface area contributed by atoms with E-state index in [1.807, 2.05) is 11.8 Å². The van der Waals surface area contributed by atoms with Crippen LogP contribution in [-0.2, 0) is 10.0 Å². The monoisotopic (exact) mass is 361 g/mol. The van der Waals surface area contributed by atoms with Crippen molar-refractivity contribution in [2.45, 2.75) is 55.7 Å². The van der Waals surface area contributed by atoms with Gasteiger partial charge in [-0.1, -0.05) is 50.9 Å². The minimum Gasteiger partial charge on any atom is -0.207 e. The Balaban J connectivity index is 2.25. The second kappa shape index (κ2) is 7.12. The predicted molar refractivity (Wildman–Crippen MR) is 95.2 cm³/mol. The van der Waals surface area contributed by atoms with Gasteiger partial charge in [-0.15, -0.1) is 0 Å². The Kier molecular flexibility index (Phi) is 5.86. The first-order valence-electron chi connectivity index (χ1n) is 7.62. The second-order valence-electron chi connectivity index (χ2n) is 6.62. The van der Waals surface area contributed by atoms with Gasteiger partial charge in [0.15, 0.2) is 0 Å². The highest BCUT2D eigenvalue weighted by Gasteiger charge is 2.35. The lowest BCUT2D eigenvalue weighted by Gasteiger charge is -2.36. The molecule has 0 aliphatic carbocycles. The molecule has 1 heterocycles. The lowest BCUT2D eigenvalue weighted by molar-refractivity contribution is 0.272. The van der Waals surface area contributed by atoms with Gasteiger partial charge in [-0.3, -0.25) is 0 Å². The maximum atomic E-state index is 13.0. The summed E-state index contributed by atoms with van der Waals surface area (Å²) in [6.45, 7) is 7.07. The maximum absolute atomic E-state index is 13.0. The molecule has 3 nitrogen and oxygen atoms in total. The smallest absolute Gasteiger partial charge is 0.207 e. The van der Waals surface area contributed by atoms with Gasteiger partial charge in [-0.25, -0.2) is 8.42 Å². The van der Waals surface area contributed by atoms with E-state index >= 15 is 0 Å². The van der Waals surface area contributed by atoms with E-state index in [1.165, 1.54) is 0 Å². The van der Waals surface area contributed by atoms with Crippen molar-refractivity contribution >= 4 is 33.4 Å². The van der Waals surface area contributed by atoms with E-state index in [1.54, 1.807) is 28.6 Å². The van der Waals surface area contributed by atoms with Crippen molar-refractivity contribution in [2.24, 2.45) is 0 Å². The van der Waals surface area contributed by atoms with Crippen molar-refractivity contribution in [1.82, 2.24) is 4.31 Å². The highest BCUT2D eigenvalue weighted by atomic mass is 35.5. The summed E-state index contributed by atoms with van der Waals surface area (Å²) in [5, 5.41) is 0.301. The number of thioether (sulfide) groups is 1. The molecule has 1 saturated heterocycles. The molecule has 22 heavy (non-hydrogen) atoms. The topological polar surface area (TPSA) is 37.4 Å². The molecule has 124 valence electrons. The van der Waals surface area contributed by atoms with Crippen molar-refractivity contribution in [3.05, 3.63) is 29.3 Å². The Bertz CT molecular complexity index is 611. The third-order valence-electron chi connectivity index (χ3n) is 3.71. The van der Waals surface area contributed by atoms with Gasteiger partial charge in [0.05, 0.1) is 5.02 Å². The van der Waals surface area contributed by atoms with Gasteiger partial charge in [0, 0.05) is 23.1 Å². The molecule has 1 atom stereocenters. The Labute approximate surface area is 143 Å². The van der Waals surface area contributed by atoms with E-state index < -0.39 is 10.0 Å². The van der Waals surface area contributed by atoms with E-state index in [0.717, 1.165) is 25.0 Å². The standard InChI is InChI=1S/C16H24ClNO2S2/c1-16(2,3)21-12-13-8-6-7-11-18(13)22(19,20)15-10-5-4-9-14(15)17/h4-5,9-10,13H,6-8,11-12H2,1-3H3/t13-/m1/s1. The van der Waals surface area contributed by atoms with Crippen LogP contribution >= 0.6 is 23.4 Å². The molecule has 0 radical (unpaired) electrons. The summed E-state index contributed by atoms with van der Waals surface area (Å²) in [5.74, 6) is 0.827. The van der Waals surface area contributed by atoms with Crippen LogP contribution < -0.4 is 0 Å². The van der Waals surface area contributed by atoms with E-state index in [4.69, 9.17) is 11.6 Å². The third-order valence-corrected chi connectivity index (χ3v) is 7.57. The van der Waals surface area contributed by atoms with Crippen LogP contribution in [0.1, 0.15) is 40.0 Å². The average molecular weight is 362 g/mol. The largest absolute Gasteiger partial charge is 0.244 e. The van der Waals surface area contributed by atoms with Crippen molar-refractivity contribution in [3.8, 4) is 0 Å². The Morgan fingerprint density at radius 1 is 1.27 bits per heavy atom. The molecule has 0 bridgehead atoms. The molecule has 0 amide bonds. The molecular formula is C16H24ClNO2S2. The van der Waals surface area contributed by atoms with E-state index in [9.17, 15) is 8.42 Å². The molecule has 6 heteroatoms. The fourth-order valence-electron chi connectivity index (χ4n) is 2.58. The summed E-state index contributed by atoms with van der Waals surface area (Å²) in [6, 6.07) is 6.77. The number of nitrogens with zero attached hydrogens (tertiary/aromatic N) is 1. The maximum Gasteiger partial charge on any atom is 0.244 e. The molecule has 1 aliphatic heterocycles. The molecule has 0 aromatic heterocycles. The van der Waals surface area contributed by atoms with Gasteiger partial charge < -0.3 is 0 Å². The number of piperidine rings is 1. The van der Waals surface area contributed by atoms with Gasteiger partial charge in [0.1, 0.15) is 4.90 Å². The molecule has 1 aliphatic rings. The minimum absolute atomic E-state index is 0.0549. The van der Waals surface area contributed by atoms with Crippen LogP contribution in [-0.4, -0.2) is 35.8 Å². The van der Waals surface area contributed by atoms with Crippen LogP contribution in [0.4, 0.5) is 0 Å². The zero-order valence-electron chi connectivity index (χ0n) is 13.4. The minimum atomic E-state index is -3.52. The number of sulfonamides is 1. The van der Waals surface area contributed by atoms with Crippen LogP contribution in [0.2, 0.25) is 5.02 Å². The summed E-state index contributed by atoms with van der Waals surface area (Å²) in [7, 11) is -3.52. The highest BCUT2D eigenvalue weighted by Crippen LogP contribution is 2.33. The zero-order valence-corrected chi connectivity index (χ0v) is 15.8. The van der Waals surface area contributed by atoms with E-state index in [2.05, 4.69) is 20.8 Å². The number of hydrogen-bond acceptors (Lipinski definition) is 3. The van der Waals surface area contributed by atoms with Crippen molar-refractivity contribution in [3.63, 3.8) is 0 Å². The molecule has 0 saturated carbocycles. The highest BCUT2D eigenvalue weighted by molar-refractivity contribution is 8.00. The van der Waals surface area contributed by atoms with Crippen LogP contribution in [0.3, 0.4) is 0 Å². The molecule has 0 unspecified atom stereocenters. The summed E-state index contributed by atoms with van der Waals surface area (Å²) < 4.78 is 27.7. The summed E-state index contributed by atoms with van der Waals surface area (Å²) in [6.07, 6.45) is 2.93. The van der Waals surface area contributed by atoms with Gasteiger partial charge >= 0.3 is 0 Å². The molecule has 1 fully saturated rings. The number of benzene rings is 1. The summed E-state index contributed by atoms with van der Waals surface area (Å²) in [4.78, 5) is 0.226. The predicted octanol–water partition coefficient (Wildman–Crippen LogP) is 4.41. The summed E-state index contributed by atoms with van der Waals surface area (Å²) in [5.41, 5.74) is 0. The first-order valence-corrected chi connectivity index (χ1v) is 10.4. The fraction of sp³-hybridized carbons (Fsp3) is 0.625. The average Bonchev–Trinajstić information content (AvgIpc) is 2.45. The van der Waals surface area contributed by atoms with Crippen molar-refractivity contribution in [1.29, 1.82) is 0 Å². The number of halogens is 1. The van der Waals surface area contributed by atoms with Crippen LogP contribution in [0, 0.1) is 0 Å². The zero-order chi connectivity index (χ0) is 16.4. The molecule has 2 rings (SSSR count). The van der Waals surface area contributed by atoms with Crippen LogP contribution in [0.25, 0.3) is 0 Å². The van der Waals surface area contributed by atoms with Gasteiger partial charge in [0.25, 0.3) is 0 Å². The quantitative estimate of drug-likeness (QED) is 0.796. The van der Waals surface area contributed by atoms with Gasteiger partial charge in [-0.05, 0) is 25.0 Å². The lowest BCUT2D eigenvalue weighted by Crippen LogP contribution is -2.45. The Morgan fingerprint density at radius 2 is 1.95 bits per heavy atom. The number of rotatable bonds is 4. The van der Waals surface area contributed by atoms with Gasteiger partial charge in [0.2, 0.25) is 10.0 Å². The Hall–Kier alpha value is -0.230. The second-order valence-corrected chi connectivity index (χ2v) is 10.7. The first kappa shape index (κ1) is 18.1. The van der Waals surface area contributed by atoms with Crippen LogP contribution in [0.5, 0.6) is 0 Å². The molecule has 1 aromatic carbocycles. The molecule has 0 spiro atoms. The van der Waals surface area contributed by atoms with Crippen molar-refractivity contribution < 1.29 is 8.42 Å². The van der Waals surface area contributed by atoms with Gasteiger partial charge in [-0.2, -0.15) is 16.1 Å². The Morgan fingerprint density at radius 3 is 2.59 bits per heavy atom. The molecule has 0 N–H and O–H groups in total.